The number of hydrogen-bond donors (Lipinski definition) is 0. The molecule has 0 spiro atoms. The van der Waals surface area contributed by atoms with Crippen molar-refractivity contribution in [2.24, 2.45) is 0 Å². The van der Waals surface area contributed by atoms with Gasteiger partial charge < -0.3 is 9.15 Å². The molecule has 0 radical (unpaired) electrons. The number of aryl methyl sites for hydroxylation is 1. The minimum Gasteiger partial charge on any atom is -0.489 e. The minimum atomic E-state index is -0.0629. The molecule has 20 heavy (non-hydrogen) atoms. The second-order valence-corrected chi connectivity index (χ2v) is 4.72. The number of fused-ring (bicyclic) bond motifs is 1. The molecule has 0 fully saturated rings. The van der Waals surface area contributed by atoms with Gasteiger partial charge in [-0.05, 0) is 30.7 Å². The van der Waals surface area contributed by atoms with Gasteiger partial charge in [-0.3, -0.25) is 4.79 Å². The first kappa shape index (κ1) is 12.5. The summed E-state index contributed by atoms with van der Waals surface area (Å²) in [5, 5.41) is 0.536. The molecule has 3 rings (SSSR count). The Labute approximate surface area is 116 Å². The Kier molecular flexibility index (Phi) is 3.25. The van der Waals surface area contributed by atoms with Gasteiger partial charge in [-0.25, -0.2) is 0 Å². The van der Waals surface area contributed by atoms with Gasteiger partial charge in [0.15, 0.2) is 5.43 Å². The molecule has 0 unspecified atom stereocenters. The van der Waals surface area contributed by atoms with Crippen LogP contribution in [0.2, 0.25) is 0 Å². The summed E-state index contributed by atoms with van der Waals surface area (Å²) >= 11 is 0. The minimum absolute atomic E-state index is 0.0629. The van der Waals surface area contributed by atoms with Crippen LogP contribution in [0.25, 0.3) is 11.0 Å². The zero-order valence-electron chi connectivity index (χ0n) is 11.1. The van der Waals surface area contributed by atoms with Crippen LogP contribution in [0, 0.1) is 6.92 Å². The van der Waals surface area contributed by atoms with E-state index in [-0.39, 0.29) is 5.43 Å². The summed E-state index contributed by atoms with van der Waals surface area (Å²) in [7, 11) is 0. The Morgan fingerprint density at radius 2 is 1.85 bits per heavy atom. The first-order chi connectivity index (χ1) is 9.72. The maximum Gasteiger partial charge on any atom is 0.192 e. The second-order valence-electron chi connectivity index (χ2n) is 4.72. The first-order valence-electron chi connectivity index (χ1n) is 6.42. The molecule has 0 N–H and O–H groups in total. The summed E-state index contributed by atoms with van der Waals surface area (Å²) in [6, 6.07) is 14.8. The quantitative estimate of drug-likeness (QED) is 0.726. The van der Waals surface area contributed by atoms with E-state index < -0.39 is 0 Å². The lowest BCUT2D eigenvalue weighted by atomic mass is 10.2. The van der Waals surface area contributed by atoms with Gasteiger partial charge in [-0.2, -0.15) is 0 Å². The Morgan fingerprint density at radius 1 is 1.05 bits per heavy atom. The molecular weight excluding hydrogens is 252 g/mol. The van der Waals surface area contributed by atoms with Crippen molar-refractivity contribution in [3.05, 3.63) is 76.1 Å². The monoisotopic (exact) mass is 266 g/mol. The highest BCUT2D eigenvalue weighted by Crippen LogP contribution is 2.19. The summed E-state index contributed by atoms with van der Waals surface area (Å²) in [6.07, 6.45) is 1.40. The summed E-state index contributed by atoms with van der Waals surface area (Å²) < 4.78 is 11.0. The molecule has 0 amide bonds. The Morgan fingerprint density at radius 3 is 2.65 bits per heavy atom. The van der Waals surface area contributed by atoms with Crippen LogP contribution in [0.1, 0.15) is 11.1 Å². The molecule has 2 aromatic carbocycles. The SMILES string of the molecule is Cc1ccc(COc2ccc3occc(=O)c3c2)cc1. The standard InChI is InChI=1S/C17H14O3/c1-12-2-4-13(5-3-12)11-20-14-6-7-17-15(10-14)16(18)8-9-19-17/h2-10H,11H2,1H3. The van der Waals surface area contributed by atoms with Gasteiger partial charge in [-0.1, -0.05) is 29.8 Å². The van der Waals surface area contributed by atoms with Gasteiger partial charge in [0, 0.05) is 6.07 Å². The summed E-state index contributed by atoms with van der Waals surface area (Å²) in [5.74, 6) is 0.663. The molecule has 0 aliphatic heterocycles. The zero-order chi connectivity index (χ0) is 13.9. The Hall–Kier alpha value is -2.55. The molecule has 1 aromatic heterocycles. The number of ether oxygens (including phenoxy) is 1. The smallest absolute Gasteiger partial charge is 0.192 e. The molecule has 3 aromatic rings. The topological polar surface area (TPSA) is 39.4 Å². The Bertz CT molecular complexity index is 785. The fourth-order valence-corrected chi connectivity index (χ4v) is 2.00. The van der Waals surface area contributed by atoms with E-state index >= 15 is 0 Å². The lowest BCUT2D eigenvalue weighted by molar-refractivity contribution is 0.306. The molecule has 0 aliphatic rings. The molecular formula is C17H14O3. The third-order valence-corrected chi connectivity index (χ3v) is 3.16. The lowest BCUT2D eigenvalue weighted by Crippen LogP contribution is -2.00. The molecule has 3 nitrogen and oxygen atoms in total. The highest BCUT2D eigenvalue weighted by molar-refractivity contribution is 5.77. The van der Waals surface area contributed by atoms with Crippen molar-refractivity contribution in [1.82, 2.24) is 0 Å². The predicted molar refractivity (Wildman–Crippen MR) is 78.0 cm³/mol. The van der Waals surface area contributed by atoms with Crippen LogP contribution in [-0.4, -0.2) is 0 Å². The van der Waals surface area contributed by atoms with E-state index in [1.807, 2.05) is 31.2 Å². The molecule has 1 heterocycles. The average molecular weight is 266 g/mol. The summed E-state index contributed by atoms with van der Waals surface area (Å²) in [4.78, 5) is 11.7. The van der Waals surface area contributed by atoms with Crippen LogP contribution >= 0.6 is 0 Å². The highest BCUT2D eigenvalue weighted by Gasteiger charge is 2.03. The van der Waals surface area contributed by atoms with Crippen molar-refractivity contribution in [3.63, 3.8) is 0 Å². The largest absolute Gasteiger partial charge is 0.489 e. The van der Waals surface area contributed by atoms with Crippen LogP contribution in [0.3, 0.4) is 0 Å². The van der Waals surface area contributed by atoms with E-state index in [4.69, 9.17) is 9.15 Å². The molecule has 0 aliphatic carbocycles. The first-order valence-corrected chi connectivity index (χ1v) is 6.42. The van der Waals surface area contributed by atoms with Crippen LogP contribution in [0.5, 0.6) is 5.75 Å². The van der Waals surface area contributed by atoms with Crippen molar-refractivity contribution in [2.45, 2.75) is 13.5 Å². The van der Waals surface area contributed by atoms with Crippen LogP contribution in [0.4, 0.5) is 0 Å². The fourth-order valence-electron chi connectivity index (χ4n) is 2.00. The lowest BCUT2D eigenvalue weighted by Gasteiger charge is -2.07. The molecule has 0 saturated heterocycles. The maximum atomic E-state index is 11.7. The van der Waals surface area contributed by atoms with Crippen LogP contribution in [-0.2, 0) is 6.61 Å². The van der Waals surface area contributed by atoms with Crippen molar-refractivity contribution >= 4 is 11.0 Å². The predicted octanol–water partition coefficient (Wildman–Crippen LogP) is 3.68. The van der Waals surface area contributed by atoms with Crippen molar-refractivity contribution in [1.29, 1.82) is 0 Å². The maximum absolute atomic E-state index is 11.7. The fraction of sp³-hybridized carbons (Fsp3) is 0.118. The van der Waals surface area contributed by atoms with Gasteiger partial charge in [0.05, 0.1) is 11.6 Å². The molecule has 3 heteroatoms. The van der Waals surface area contributed by atoms with Crippen molar-refractivity contribution in [3.8, 4) is 5.75 Å². The summed E-state index contributed by atoms with van der Waals surface area (Å²) in [5.41, 5.74) is 2.82. The normalized spacial score (nSPS) is 10.7. The molecule has 0 saturated carbocycles. The van der Waals surface area contributed by atoms with Gasteiger partial charge in [0.1, 0.15) is 17.9 Å². The average Bonchev–Trinajstić information content (AvgIpc) is 2.47. The zero-order valence-corrected chi connectivity index (χ0v) is 11.1. The number of benzene rings is 2. The van der Waals surface area contributed by atoms with E-state index in [1.54, 1.807) is 18.2 Å². The second kappa shape index (κ2) is 5.21. The van der Waals surface area contributed by atoms with Gasteiger partial charge >= 0.3 is 0 Å². The molecule has 0 atom stereocenters. The molecule has 0 bridgehead atoms. The summed E-state index contributed by atoms with van der Waals surface area (Å²) in [6.45, 7) is 2.53. The van der Waals surface area contributed by atoms with E-state index in [0.29, 0.717) is 23.3 Å². The van der Waals surface area contributed by atoms with Crippen LogP contribution < -0.4 is 10.2 Å². The number of hydrogen-bond acceptors (Lipinski definition) is 3. The highest BCUT2D eigenvalue weighted by atomic mass is 16.5. The van der Waals surface area contributed by atoms with E-state index in [0.717, 1.165) is 5.56 Å². The van der Waals surface area contributed by atoms with E-state index in [1.165, 1.54) is 17.9 Å². The van der Waals surface area contributed by atoms with Crippen LogP contribution in [0.15, 0.2) is 64.0 Å². The van der Waals surface area contributed by atoms with Crippen molar-refractivity contribution < 1.29 is 9.15 Å². The third-order valence-electron chi connectivity index (χ3n) is 3.16. The van der Waals surface area contributed by atoms with Crippen molar-refractivity contribution in [2.75, 3.05) is 0 Å². The van der Waals surface area contributed by atoms with E-state index in [2.05, 4.69) is 0 Å². The van der Waals surface area contributed by atoms with Gasteiger partial charge in [0.25, 0.3) is 0 Å². The number of rotatable bonds is 3. The Balaban J connectivity index is 1.82. The van der Waals surface area contributed by atoms with Gasteiger partial charge in [0.2, 0.25) is 0 Å². The third kappa shape index (κ3) is 2.57. The van der Waals surface area contributed by atoms with E-state index in [9.17, 15) is 4.79 Å². The molecule has 100 valence electrons. The van der Waals surface area contributed by atoms with Gasteiger partial charge in [-0.15, -0.1) is 0 Å².